The summed E-state index contributed by atoms with van der Waals surface area (Å²) in [5, 5.41) is 10.1. The number of aryl methyl sites for hydroxylation is 1. The fourth-order valence-corrected chi connectivity index (χ4v) is 5.42. The molecule has 0 spiro atoms. The highest BCUT2D eigenvalue weighted by molar-refractivity contribution is 5.96. The number of likely N-dealkylation sites (N-methyl/N-ethyl adjacent to an activating group) is 1. The van der Waals surface area contributed by atoms with E-state index in [9.17, 15) is 31.5 Å². The molecule has 0 atom stereocenters. The van der Waals surface area contributed by atoms with Gasteiger partial charge in [0.25, 0.3) is 5.91 Å². The van der Waals surface area contributed by atoms with Gasteiger partial charge in [-0.15, -0.1) is 0 Å². The molecule has 0 saturated heterocycles. The summed E-state index contributed by atoms with van der Waals surface area (Å²) < 4.78 is 69.6. The van der Waals surface area contributed by atoms with Crippen LogP contribution in [0.4, 0.5) is 33.3 Å². The molecule has 1 saturated carbocycles. The number of carbonyl (C=O) groups is 2. The number of halogens is 5. The van der Waals surface area contributed by atoms with Crippen molar-refractivity contribution in [1.82, 2.24) is 5.32 Å². The molecule has 1 aliphatic heterocycles. The van der Waals surface area contributed by atoms with Crippen molar-refractivity contribution in [2.45, 2.75) is 38.8 Å². The first-order valence-electron chi connectivity index (χ1n) is 14.3. The molecule has 238 valence electrons. The molecular weight excluding hydrogens is 593 g/mol. The maximum Gasteiger partial charge on any atom is 0.417 e. The van der Waals surface area contributed by atoms with Crippen LogP contribution in [0, 0.1) is 18.6 Å². The van der Waals surface area contributed by atoms with Crippen LogP contribution in [0.15, 0.2) is 77.5 Å². The van der Waals surface area contributed by atoms with Gasteiger partial charge in [-0.25, -0.2) is 8.78 Å². The van der Waals surface area contributed by atoms with E-state index in [1.165, 1.54) is 0 Å². The van der Waals surface area contributed by atoms with Gasteiger partial charge in [-0.1, -0.05) is 35.9 Å². The molecule has 0 radical (unpaired) electrons. The van der Waals surface area contributed by atoms with Gasteiger partial charge in [-0.3, -0.25) is 9.59 Å². The number of nitrogens with zero attached hydrogens (tertiary/aromatic N) is 2. The highest BCUT2D eigenvalue weighted by Gasteiger charge is 2.43. The maximum absolute atomic E-state index is 14.6. The molecule has 1 aliphatic carbocycles. The molecule has 6 nitrogen and oxygen atoms in total. The van der Waals surface area contributed by atoms with E-state index in [2.05, 4.69) is 0 Å². The predicted molar refractivity (Wildman–Crippen MR) is 164 cm³/mol. The van der Waals surface area contributed by atoms with Crippen LogP contribution in [-0.4, -0.2) is 50.8 Å². The first kappa shape index (κ1) is 33.2. The molecule has 1 heterocycles. The van der Waals surface area contributed by atoms with Gasteiger partial charge in [0, 0.05) is 50.2 Å². The standard InChI is InChI=1S/C25H27F3N2.C9H7F2NO3/c1-16-7-5-8-17(13-16)14-21-23(25(26,27)28)20-15-19(29(2)3)11-12-22(20)30(4)24(21)18-9-6-10-18;10-5-2-1-3-6(11)8(5)9(15)12-4-7(13)14/h5,7-8,11-13,15H,6,9-10,14H2,1-4H3;1-3H,4H2,(H,12,15)(H,13,14). The van der Waals surface area contributed by atoms with Crippen LogP contribution in [0.2, 0.25) is 0 Å². The van der Waals surface area contributed by atoms with Crippen molar-refractivity contribution in [2.24, 2.45) is 0 Å². The number of fused-ring (bicyclic) bond motifs is 1. The molecule has 45 heavy (non-hydrogen) atoms. The zero-order valence-corrected chi connectivity index (χ0v) is 25.4. The Bertz CT molecular complexity index is 1650. The SMILES string of the molecule is Cc1cccc(CC2=C(C(F)(F)F)c3cc(N(C)C)ccc3N(C)C2=C2CCC2)c1.O=C(O)CNC(=O)c1c(F)cccc1F. The van der Waals surface area contributed by atoms with Crippen LogP contribution in [0.1, 0.15) is 46.3 Å². The summed E-state index contributed by atoms with van der Waals surface area (Å²) >= 11 is 0. The number of alkyl halides is 3. The van der Waals surface area contributed by atoms with Gasteiger partial charge in [-0.05, 0) is 73.2 Å². The average molecular weight is 628 g/mol. The van der Waals surface area contributed by atoms with E-state index >= 15 is 0 Å². The number of rotatable bonds is 6. The Labute approximate surface area is 258 Å². The van der Waals surface area contributed by atoms with Crippen LogP contribution in [0.3, 0.4) is 0 Å². The Kier molecular flexibility index (Phi) is 10.00. The van der Waals surface area contributed by atoms with Gasteiger partial charge in [0.05, 0.1) is 5.57 Å². The van der Waals surface area contributed by atoms with E-state index in [0.29, 0.717) is 11.3 Å². The van der Waals surface area contributed by atoms with E-state index in [-0.39, 0.29) is 12.0 Å². The summed E-state index contributed by atoms with van der Waals surface area (Å²) in [4.78, 5) is 25.1. The Morgan fingerprint density at radius 3 is 2.16 bits per heavy atom. The van der Waals surface area contributed by atoms with Crippen molar-refractivity contribution in [3.8, 4) is 0 Å². The van der Waals surface area contributed by atoms with E-state index in [1.54, 1.807) is 6.07 Å². The lowest BCUT2D eigenvalue weighted by atomic mass is 9.80. The highest BCUT2D eigenvalue weighted by atomic mass is 19.4. The Morgan fingerprint density at radius 2 is 1.62 bits per heavy atom. The first-order valence-corrected chi connectivity index (χ1v) is 14.3. The van der Waals surface area contributed by atoms with Crippen LogP contribution in [0.5, 0.6) is 0 Å². The topological polar surface area (TPSA) is 72.9 Å². The first-order chi connectivity index (χ1) is 21.2. The zero-order chi connectivity index (χ0) is 33.1. The summed E-state index contributed by atoms with van der Waals surface area (Å²) in [7, 11) is 5.60. The van der Waals surface area contributed by atoms with Crippen molar-refractivity contribution < 1.29 is 36.6 Å². The summed E-state index contributed by atoms with van der Waals surface area (Å²) in [5.74, 6) is -4.44. The van der Waals surface area contributed by atoms with Crippen LogP contribution in [-0.2, 0) is 11.2 Å². The van der Waals surface area contributed by atoms with E-state index < -0.39 is 47.4 Å². The fraction of sp³-hybridized carbons (Fsp3) is 0.294. The smallest absolute Gasteiger partial charge is 0.417 e. The summed E-state index contributed by atoms with van der Waals surface area (Å²) in [6, 6.07) is 16.1. The number of amides is 1. The lowest BCUT2D eigenvalue weighted by Crippen LogP contribution is -2.31. The average Bonchev–Trinajstić information content (AvgIpc) is 2.92. The second kappa shape index (κ2) is 13.5. The lowest BCUT2D eigenvalue weighted by molar-refractivity contribution is -0.135. The molecule has 0 bridgehead atoms. The quantitative estimate of drug-likeness (QED) is 0.281. The molecule has 0 aromatic heterocycles. The van der Waals surface area contributed by atoms with Crippen LogP contribution < -0.4 is 15.1 Å². The van der Waals surface area contributed by atoms with E-state index in [4.69, 9.17) is 5.11 Å². The number of carboxylic acids is 1. The molecule has 3 aromatic carbocycles. The summed E-state index contributed by atoms with van der Waals surface area (Å²) in [5.41, 5.74) is 4.63. The number of carbonyl (C=O) groups excluding carboxylic acids is 1. The molecule has 2 N–H and O–H groups in total. The van der Waals surface area contributed by atoms with Crippen molar-refractivity contribution in [3.63, 3.8) is 0 Å². The largest absolute Gasteiger partial charge is 0.480 e. The summed E-state index contributed by atoms with van der Waals surface area (Å²) in [6.07, 6.45) is -1.39. The minimum absolute atomic E-state index is 0.266. The Hall–Kier alpha value is -4.67. The zero-order valence-electron chi connectivity index (χ0n) is 25.4. The van der Waals surface area contributed by atoms with Gasteiger partial charge in [0.2, 0.25) is 0 Å². The van der Waals surface area contributed by atoms with Crippen molar-refractivity contribution in [3.05, 3.63) is 111 Å². The molecule has 3 aromatic rings. The van der Waals surface area contributed by atoms with Gasteiger partial charge in [0.1, 0.15) is 23.7 Å². The maximum atomic E-state index is 14.6. The second-order valence-electron chi connectivity index (χ2n) is 11.2. The van der Waals surface area contributed by atoms with E-state index in [1.807, 2.05) is 79.6 Å². The third-order valence-corrected chi connectivity index (χ3v) is 7.68. The Balaban J connectivity index is 0.000000259. The van der Waals surface area contributed by atoms with Gasteiger partial charge >= 0.3 is 12.1 Å². The van der Waals surface area contributed by atoms with Gasteiger partial charge in [-0.2, -0.15) is 13.2 Å². The van der Waals surface area contributed by atoms with Gasteiger partial charge < -0.3 is 20.2 Å². The molecule has 2 aliphatic rings. The molecule has 1 fully saturated rings. The van der Waals surface area contributed by atoms with Crippen LogP contribution >= 0.6 is 0 Å². The number of benzene rings is 3. The number of allylic oxidation sites excluding steroid dienone is 3. The number of hydrogen-bond donors (Lipinski definition) is 2. The van der Waals surface area contributed by atoms with Crippen LogP contribution in [0.25, 0.3) is 5.57 Å². The van der Waals surface area contributed by atoms with E-state index in [0.717, 1.165) is 65.5 Å². The number of nitrogens with one attached hydrogen (secondary N) is 1. The van der Waals surface area contributed by atoms with Crippen molar-refractivity contribution >= 4 is 28.8 Å². The number of hydrogen-bond acceptors (Lipinski definition) is 4. The lowest BCUT2D eigenvalue weighted by Gasteiger charge is -2.39. The van der Waals surface area contributed by atoms with Crippen molar-refractivity contribution in [2.75, 3.05) is 37.5 Å². The molecule has 5 rings (SSSR count). The van der Waals surface area contributed by atoms with Crippen molar-refractivity contribution in [1.29, 1.82) is 0 Å². The molecule has 11 heteroatoms. The third-order valence-electron chi connectivity index (χ3n) is 7.68. The number of carboxylic acid groups (broad SMARTS) is 1. The molecule has 0 unspecified atom stereocenters. The highest BCUT2D eigenvalue weighted by Crippen LogP contribution is 2.51. The minimum Gasteiger partial charge on any atom is -0.480 e. The normalized spacial score (nSPS) is 14.3. The minimum atomic E-state index is -4.43. The third kappa shape index (κ3) is 7.53. The summed E-state index contributed by atoms with van der Waals surface area (Å²) in [6.45, 7) is 1.28. The Morgan fingerprint density at radius 1 is 0.978 bits per heavy atom. The second-order valence-corrected chi connectivity index (χ2v) is 11.2. The molecule has 1 amide bonds. The monoisotopic (exact) mass is 627 g/mol. The number of anilines is 2. The van der Waals surface area contributed by atoms with Gasteiger partial charge in [0.15, 0.2) is 0 Å². The fourth-order valence-electron chi connectivity index (χ4n) is 5.42. The molecular formula is C34H34F5N3O3. The number of aliphatic carboxylic acids is 1. The predicted octanol–water partition coefficient (Wildman–Crippen LogP) is 7.29.